The molecule has 3 rings (SSSR count). The number of aryl methyl sites for hydroxylation is 1. The Labute approximate surface area is 164 Å². The minimum absolute atomic E-state index is 0.808. The van der Waals surface area contributed by atoms with Crippen LogP contribution in [0.2, 0.25) is 0 Å². The maximum Gasteiger partial charge on any atom is 0.217 e. The molecular weight excluding hydrogens is 384 g/mol. The molecular formula is C19H22N2O4S2. The lowest BCUT2D eigenvalue weighted by molar-refractivity contribution is -0.646. The summed E-state index contributed by atoms with van der Waals surface area (Å²) in [5.41, 5.74) is 3.71. The van der Waals surface area contributed by atoms with E-state index in [2.05, 4.69) is 94.8 Å². The third-order valence-corrected chi connectivity index (χ3v) is 5.13. The first kappa shape index (κ1) is 21.2. The summed E-state index contributed by atoms with van der Waals surface area (Å²) in [6.07, 6.45) is 4.34. The largest absolute Gasteiger partial charge is 0.726 e. The van der Waals surface area contributed by atoms with Crippen LogP contribution in [0.4, 0.5) is 11.4 Å². The van der Waals surface area contributed by atoms with Crippen LogP contribution in [0.3, 0.4) is 0 Å². The minimum atomic E-state index is -4.41. The van der Waals surface area contributed by atoms with E-state index in [1.54, 1.807) is 11.8 Å². The maximum absolute atomic E-state index is 9.22. The van der Waals surface area contributed by atoms with Gasteiger partial charge in [0.25, 0.3) is 0 Å². The van der Waals surface area contributed by atoms with Crippen molar-refractivity contribution < 1.29 is 21.7 Å². The lowest BCUT2D eigenvalue weighted by Crippen LogP contribution is -2.30. The van der Waals surface area contributed by atoms with Gasteiger partial charge in [-0.15, -0.1) is 11.8 Å². The molecule has 0 aliphatic carbocycles. The molecule has 0 N–H and O–H groups in total. The fraction of sp³-hybridized carbons (Fsp3) is 0.211. The van der Waals surface area contributed by atoms with Gasteiger partial charge in [-0.3, -0.25) is 4.18 Å². The highest BCUT2D eigenvalue weighted by molar-refractivity contribution is 7.98. The van der Waals surface area contributed by atoms with Crippen molar-refractivity contribution in [2.75, 3.05) is 25.3 Å². The van der Waals surface area contributed by atoms with Crippen LogP contribution in [-0.2, 0) is 21.6 Å². The molecule has 0 radical (unpaired) electrons. The molecule has 1 aromatic heterocycles. The van der Waals surface area contributed by atoms with Crippen molar-refractivity contribution in [3.8, 4) is 0 Å². The first-order valence-electron chi connectivity index (χ1n) is 8.04. The van der Waals surface area contributed by atoms with Crippen molar-refractivity contribution in [1.29, 1.82) is 0 Å². The number of hydrogen-bond donors (Lipinski definition) is 0. The van der Waals surface area contributed by atoms with E-state index >= 15 is 0 Å². The Morgan fingerprint density at radius 1 is 1.07 bits per heavy atom. The van der Waals surface area contributed by atoms with Gasteiger partial charge in [-0.1, -0.05) is 30.3 Å². The van der Waals surface area contributed by atoms with E-state index in [0.29, 0.717) is 0 Å². The Kier molecular flexibility index (Phi) is 7.20. The van der Waals surface area contributed by atoms with Gasteiger partial charge in [-0.05, 0) is 24.5 Å². The number of fused-ring (bicyclic) bond motifs is 1. The second-order valence-corrected chi connectivity index (χ2v) is 7.64. The monoisotopic (exact) mass is 406 g/mol. The zero-order chi connectivity index (χ0) is 20.0. The van der Waals surface area contributed by atoms with E-state index in [1.807, 2.05) is 0 Å². The summed E-state index contributed by atoms with van der Waals surface area (Å²) in [6.45, 7) is 0. The summed E-state index contributed by atoms with van der Waals surface area (Å²) in [4.78, 5) is 3.55. The standard InChI is InChI=1S/C18H19N2S.CH4O4S/c1-19-13-17(21-3)18(15-11-7-8-12-16(15)19)20(2)14-9-5-4-6-10-14;1-5-6(2,3)4/h4-13H,1-3H3;1H3,(H,2,3,4)/q+1;/p-1. The Hall–Kier alpha value is -2.13. The van der Waals surface area contributed by atoms with Gasteiger partial charge < -0.3 is 9.45 Å². The average Bonchev–Trinajstić information content (AvgIpc) is 2.68. The number of pyridine rings is 1. The van der Waals surface area contributed by atoms with Gasteiger partial charge in [0.05, 0.1) is 23.1 Å². The Balaban J connectivity index is 0.000000380. The van der Waals surface area contributed by atoms with E-state index in [9.17, 15) is 13.0 Å². The van der Waals surface area contributed by atoms with Crippen molar-refractivity contribution in [2.24, 2.45) is 7.05 Å². The van der Waals surface area contributed by atoms with Crippen LogP contribution in [0.25, 0.3) is 10.9 Å². The highest BCUT2D eigenvalue weighted by Gasteiger charge is 2.19. The molecule has 2 aromatic carbocycles. The van der Waals surface area contributed by atoms with Crippen molar-refractivity contribution in [3.63, 3.8) is 0 Å². The summed E-state index contributed by atoms with van der Waals surface area (Å²) in [5.74, 6) is 0. The van der Waals surface area contributed by atoms with E-state index in [0.717, 1.165) is 7.11 Å². The fourth-order valence-electron chi connectivity index (χ4n) is 2.70. The third kappa shape index (κ3) is 5.43. The molecule has 0 aliphatic heterocycles. The Morgan fingerprint density at radius 3 is 2.19 bits per heavy atom. The van der Waals surface area contributed by atoms with Crippen LogP contribution in [0.1, 0.15) is 0 Å². The topological polar surface area (TPSA) is 73.5 Å². The third-order valence-electron chi connectivity index (χ3n) is 3.99. The second kappa shape index (κ2) is 9.18. The van der Waals surface area contributed by atoms with Crippen LogP contribution in [0.5, 0.6) is 0 Å². The summed E-state index contributed by atoms with van der Waals surface area (Å²) < 4.78 is 33.2. The number of para-hydroxylation sites is 2. The van der Waals surface area contributed by atoms with Crippen molar-refractivity contribution in [3.05, 3.63) is 60.8 Å². The van der Waals surface area contributed by atoms with Gasteiger partial charge >= 0.3 is 0 Å². The molecule has 27 heavy (non-hydrogen) atoms. The van der Waals surface area contributed by atoms with Crippen molar-refractivity contribution in [1.82, 2.24) is 0 Å². The highest BCUT2D eigenvalue weighted by atomic mass is 32.3. The first-order valence-corrected chi connectivity index (χ1v) is 10.6. The smallest absolute Gasteiger partial charge is 0.217 e. The normalized spacial score (nSPS) is 11.0. The molecule has 0 saturated carbocycles. The van der Waals surface area contributed by atoms with Crippen molar-refractivity contribution in [2.45, 2.75) is 4.90 Å². The predicted octanol–water partition coefficient (Wildman–Crippen LogP) is 3.25. The molecule has 0 fully saturated rings. The minimum Gasteiger partial charge on any atom is -0.726 e. The van der Waals surface area contributed by atoms with Crippen LogP contribution in [-0.4, -0.2) is 33.4 Å². The maximum atomic E-state index is 9.22. The quantitative estimate of drug-likeness (QED) is 0.287. The van der Waals surface area contributed by atoms with E-state index in [1.165, 1.54) is 27.2 Å². The second-order valence-electron chi connectivity index (χ2n) is 5.64. The first-order chi connectivity index (χ1) is 12.8. The zero-order valence-corrected chi connectivity index (χ0v) is 17.3. The number of rotatable bonds is 4. The molecule has 0 saturated heterocycles. The van der Waals surface area contributed by atoms with E-state index in [-0.39, 0.29) is 0 Å². The van der Waals surface area contributed by atoms with Crippen LogP contribution < -0.4 is 9.47 Å². The number of benzene rings is 2. The number of aromatic nitrogens is 1. The summed E-state index contributed by atoms with van der Waals surface area (Å²) in [6, 6.07) is 19.1. The molecule has 1 heterocycles. The van der Waals surface area contributed by atoms with Crippen molar-refractivity contribution >= 4 is 44.4 Å². The number of thioether (sulfide) groups is 1. The molecule has 6 nitrogen and oxygen atoms in total. The number of nitrogens with zero attached hydrogens (tertiary/aromatic N) is 2. The molecule has 0 aliphatic rings. The van der Waals surface area contributed by atoms with E-state index in [4.69, 9.17) is 0 Å². The van der Waals surface area contributed by atoms with Crippen LogP contribution >= 0.6 is 11.8 Å². The van der Waals surface area contributed by atoms with Gasteiger partial charge in [-0.2, -0.15) is 4.57 Å². The van der Waals surface area contributed by atoms with Gasteiger partial charge in [0.2, 0.25) is 15.9 Å². The van der Waals surface area contributed by atoms with Gasteiger partial charge in [0, 0.05) is 18.8 Å². The molecule has 0 unspecified atom stereocenters. The molecule has 0 atom stereocenters. The summed E-state index contributed by atoms with van der Waals surface area (Å²) >= 11 is 1.78. The molecule has 3 aromatic rings. The van der Waals surface area contributed by atoms with E-state index < -0.39 is 10.4 Å². The molecule has 8 heteroatoms. The SMILES string of the molecule is COS(=O)(=O)[O-].CSc1c[n+](C)c2ccccc2c1N(C)c1ccccc1. The van der Waals surface area contributed by atoms with Gasteiger partial charge in [0.15, 0.2) is 6.20 Å². The summed E-state index contributed by atoms with van der Waals surface area (Å²) in [5, 5.41) is 1.28. The Morgan fingerprint density at radius 2 is 1.63 bits per heavy atom. The Bertz CT molecular complexity index is 1010. The summed E-state index contributed by atoms with van der Waals surface area (Å²) in [7, 11) is 0.637. The fourth-order valence-corrected chi connectivity index (χ4v) is 3.40. The number of hydrogen-bond acceptors (Lipinski definition) is 6. The average molecular weight is 407 g/mol. The number of anilines is 2. The molecule has 0 amide bonds. The van der Waals surface area contributed by atoms with Crippen LogP contribution in [0.15, 0.2) is 65.7 Å². The molecule has 0 bridgehead atoms. The zero-order valence-electron chi connectivity index (χ0n) is 15.6. The molecule has 144 valence electrons. The molecule has 0 spiro atoms. The van der Waals surface area contributed by atoms with Crippen LogP contribution in [0, 0.1) is 0 Å². The van der Waals surface area contributed by atoms with Gasteiger partial charge in [-0.25, -0.2) is 8.42 Å². The van der Waals surface area contributed by atoms with Gasteiger partial charge in [0.1, 0.15) is 7.05 Å². The highest BCUT2D eigenvalue weighted by Crippen LogP contribution is 2.36. The lowest BCUT2D eigenvalue weighted by Gasteiger charge is -2.22. The lowest BCUT2D eigenvalue weighted by atomic mass is 10.1. The predicted molar refractivity (Wildman–Crippen MR) is 108 cm³/mol.